The quantitative estimate of drug-likeness (QED) is 0.664. The number of nitrogens with one attached hydrogen (secondary N) is 1. The summed E-state index contributed by atoms with van der Waals surface area (Å²) in [4.78, 5) is 4.41. The number of pyridine rings is 1. The van der Waals surface area contributed by atoms with Crippen molar-refractivity contribution in [2.75, 3.05) is 7.11 Å². The van der Waals surface area contributed by atoms with Crippen LogP contribution >= 0.6 is 9.24 Å². The van der Waals surface area contributed by atoms with Gasteiger partial charge in [0, 0.05) is 29.5 Å². The van der Waals surface area contributed by atoms with E-state index in [1.807, 2.05) is 42.5 Å². The third kappa shape index (κ3) is 4.14. The second-order valence-corrected chi connectivity index (χ2v) is 7.53. The van der Waals surface area contributed by atoms with E-state index in [0.717, 1.165) is 38.6 Å². The van der Waals surface area contributed by atoms with Gasteiger partial charge in [-0.2, -0.15) is 13.1 Å². The summed E-state index contributed by atoms with van der Waals surface area (Å²) < 4.78 is 29.6. The minimum absolute atomic E-state index is 0.156. The first-order chi connectivity index (χ1) is 11.9. The van der Waals surface area contributed by atoms with E-state index in [1.165, 1.54) is 0 Å². The van der Waals surface area contributed by atoms with Crippen molar-refractivity contribution in [3.05, 3.63) is 54.2 Å². The molecule has 1 aromatic heterocycles. The van der Waals surface area contributed by atoms with Crippen molar-refractivity contribution in [1.29, 1.82) is 0 Å². The van der Waals surface area contributed by atoms with E-state index >= 15 is 0 Å². The number of nitrogens with zero attached hydrogens (tertiary/aromatic N) is 1. The van der Waals surface area contributed by atoms with Crippen molar-refractivity contribution < 1.29 is 13.2 Å². The van der Waals surface area contributed by atoms with Crippen LogP contribution in [0.5, 0.6) is 5.75 Å². The maximum Gasteiger partial charge on any atom is 0.274 e. The average molecular weight is 375 g/mol. The van der Waals surface area contributed by atoms with Crippen molar-refractivity contribution in [3.8, 4) is 16.9 Å². The molecule has 0 fully saturated rings. The van der Waals surface area contributed by atoms with Crippen LogP contribution in [0.15, 0.2) is 48.7 Å². The molecule has 2 aromatic carbocycles. The van der Waals surface area contributed by atoms with Gasteiger partial charge in [-0.25, -0.2) is 5.14 Å². The van der Waals surface area contributed by atoms with Crippen LogP contribution in [0.1, 0.15) is 5.56 Å². The number of hydrogen-bond acceptors (Lipinski definition) is 4. The third-order valence-electron chi connectivity index (χ3n) is 3.84. The van der Waals surface area contributed by atoms with Crippen LogP contribution in [0, 0.1) is 0 Å². The number of ether oxygens (including phenoxy) is 1. The Labute approximate surface area is 148 Å². The molecule has 3 aromatic rings. The number of methoxy groups -OCH3 is 1. The number of hydrogen-bond donors (Lipinski definition) is 2. The highest BCUT2D eigenvalue weighted by Crippen LogP contribution is 2.29. The summed E-state index contributed by atoms with van der Waals surface area (Å²) in [6.45, 7) is 0.156. The summed E-state index contributed by atoms with van der Waals surface area (Å²) in [7, 11) is 0.602. The molecular weight excluding hydrogens is 357 g/mol. The second-order valence-electron chi connectivity index (χ2n) is 5.53. The average Bonchev–Trinajstić information content (AvgIpc) is 2.59. The van der Waals surface area contributed by atoms with Crippen LogP contribution in [0.25, 0.3) is 22.0 Å². The summed E-state index contributed by atoms with van der Waals surface area (Å²) >= 11 is 0. The number of nitrogens with two attached hydrogens (primary N) is 1. The summed E-state index contributed by atoms with van der Waals surface area (Å²) in [5.41, 5.74) is 3.73. The minimum atomic E-state index is -3.70. The van der Waals surface area contributed by atoms with Crippen LogP contribution in [0.2, 0.25) is 0 Å². The van der Waals surface area contributed by atoms with E-state index in [4.69, 9.17) is 9.88 Å². The van der Waals surface area contributed by atoms with Gasteiger partial charge >= 0.3 is 0 Å². The van der Waals surface area contributed by atoms with Gasteiger partial charge in [0.25, 0.3) is 10.2 Å². The molecule has 1 atom stereocenters. The van der Waals surface area contributed by atoms with Gasteiger partial charge < -0.3 is 4.74 Å². The molecular formula is C17H18N3O3PS. The maximum atomic E-state index is 11.0. The Kier molecular flexibility index (Phi) is 5.01. The normalized spacial score (nSPS) is 11.6. The zero-order chi connectivity index (χ0) is 18.0. The lowest BCUT2D eigenvalue weighted by Gasteiger charge is -2.11. The number of aromatic nitrogens is 1. The monoisotopic (exact) mass is 375 g/mol. The van der Waals surface area contributed by atoms with E-state index in [1.54, 1.807) is 13.3 Å². The molecule has 1 unspecified atom stereocenters. The van der Waals surface area contributed by atoms with Gasteiger partial charge in [0.15, 0.2) is 0 Å². The predicted molar refractivity (Wildman–Crippen MR) is 103 cm³/mol. The van der Waals surface area contributed by atoms with Gasteiger partial charge in [0.1, 0.15) is 5.75 Å². The largest absolute Gasteiger partial charge is 0.496 e. The highest BCUT2D eigenvalue weighted by molar-refractivity contribution is 7.87. The predicted octanol–water partition coefficient (Wildman–Crippen LogP) is 1.70. The lowest BCUT2D eigenvalue weighted by molar-refractivity contribution is 0.419. The number of fused-ring (bicyclic) bond motifs is 1. The summed E-state index contributed by atoms with van der Waals surface area (Å²) in [6, 6.07) is 13.5. The molecule has 0 saturated carbocycles. The molecule has 0 aliphatic heterocycles. The lowest BCUT2D eigenvalue weighted by atomic mass is 10.00. The zero-order valence-corrected chi connectivity index (χ0v) is 15.5. The maximum absolute atomic E-state index is 11.0. The van der Waals surface area contributed by atoms with Crippen molar-refractivity contribution in [2.45, 2.75) is 6.54 Å². The molecule has 0 saturated heterocycles. The van der Waals surface area contributed by atoms with Gasteiger partial charge in [-0.3, -0.25) is 4.98 Å². The topological polar surface area (TPSA) is 94.3 Å². The van der Waals surface area contributed by atoms with Crippen LogP contribution in [-0.4, -0.2) is 20.5 Å². The molecule has 3 rings (SSSR count). The molecule has 6 nitrogen and oxygen atoms in total. The van der Waals surface area contributed by atoms with Crippen molar-refractivity contribution >= 4 is 35.7 Å². The fraction of sp³-hybridized carbons (Fsp3) is 0.118. The van der Waals surface area contributed by atoms with Crippen molar-refractivity contribution in [1.82, 2.24) is 9.71 Å². The summed E-state index contributed by atoms with van der Waals surface area (Å²) in [6.07, 6.45) is 1.76. The van der Waals surface area contributed by atoms with Crippen molar-refractivity contribution in [3.63, 3.8) is 0 Å². The molecule has 0 aliphatic carbocycles. The van der Waals surface area contributed by atoms with Crippen LogP contribution in [-0.2, 0) is 16.8 Å². The highest BCUT2D eigenvalue weighted by Gasteiger charge is 2.09. The van der Waals surface area contributed by atoms with Crippen LogP contribution < -0.4 is 19.9 Å². The van der Waals surface area contributed by atoms with E-state index in [0.29, 0.717) is 0 Å². The Morgan fingerprint density at radius 2 is 1.92 bits per heavy atom. The van der Waals surface area contributed by atoms with Crippen molar-refractivity contribution in [2.24, 2.45) is 5.14 Å². The molecule has 8 heteroatoms. The van der Waals surface area contributed by atoms with E-state index in [9.17, 15) is 8.42 Å². The number of rotatable bonds is 5. The second kappa shape index (κ2) is 7.06. The SMILES string of the molecule is COc1cc2nccc(-c3ccc(CNS(N)(=O)=O)cc3)c2cc1P. The zero-order valence-electron chi connectivity index (χ0n) is 13.6. The fourth-order valence-electron chi connectivity index (χ4n) is 2.60. The van der Waals surface area contributed by atoms with Gasteiger partial charge in [-0.05, 0) is 28.8 Å². The van der Waals surface area contributed by atoms with Gasteiger partial charge in [0.05, 0.1) is 12.6 Å². The smallest absolute Gasteiger partial charge is 0.274 e. The Balaban J connectivity index is 1.97. The molecule has 0 radical (unpaired) electrons. The Bertz CT molecular complexity index is 1020. The Hall–Kier alpha value is -2.05. The first-order valence-corrected chi connectivity index (χ1v) is 9.58. The first kappa shape index (κ1) is 17.8. The van der Waals surface area contributed by atoms with Crippen LogP contribution in [0.4, 0.5) is 0 Å². The molecule has 3 N–H and O–H groups in total. The highest BCUT2D eigenvalue weighted by atomic mass is 32.2. The third-order valence-corrected chi connectivity index (χ3v) is 4.83. The van der Waals surface area contributed by atoms with E-state index in [2.05, 4.69) is 18.9 Å². The van der Waals surface area contributed by atoms with E-state index < -0.39 is 10.2 Å². The minimum Gasteiger partial charge on any atom is -0.496 e. The van der Waals surface area contributed by atoms with Gasteiger partial charge in [0.2, 0.25) is 0 Å². The molecule has 25 heavy (non-hydrogen) atoms. The summed E-state index contributed by atoms with van der Waals surface area (Å²) in [5.74, 6) is 0.770. The molecule has 0 aliphatic rings. The molecule has 1 heterocycles. The van der Waals surface area contributed by atoms with E-state index in [-0.39, 0.29) is 6.54 Å². The molecule has 0 spiro atoms. The molecule has 130 valence electrons. The fourth-order valence-corrected chi connectivity index (χ4v) is 3.34. The number of benzene rings is 2. The summed E-state index contributed by atoms with van der Waals surface area (Å²) in [5, 5.41) is 6.92. The first-order valence-electron chi connectivity index (χ1n) is 7.46. The standard InChI is InChI=1S/C17H18N3O3PS/c1-23-16-9-15-14(8-17(16)24)13(6-7-19-15)12-4-2-11(3-5-12)10-20-25(18,21)22/h2-9,20H,10,24H2,1H3,(H2,18,21,22). The Morgan fingerprint density at radius 3 is 2.56 bits per heavy atom. The van der Waals surface area contributed by atoms with Gasteiger partial charge in [-0.1, -0.05) is 24.3 Å². The molecule has 0 bridgehead atoms. The molecule has 0 amide bonds. The van der Waals surface area contributed by atoms with Crippen LogP contribution in [0.3, 0.4) is 0 Å². The van der Waals surface area contributed by atoms with Gasteiger partial charge in [-0.15, -0.1) is 9.24 Å². The Morgan fingerprint density at radius 1 is 1.20 bits per heavy atom. The lowest BCUT2D eigenvalue weighted by Crippen LogP contribution is -2.30.